The van der Waals surface area contributed by atoms with Gasteiger partial charge in [0.15, 0.2) is 5.69 Å². The first kappa shape index (κ1) is 16.7. The van der Waals surface area contributed by atoms with Gasteiger partial charge in [0, 0.05) is 30.7 Å². The topological polar surface area (TPSA) is 105 Å². The number of aromatic nitrogens is 4. The van der Waals surface area contributed by atoms with E-state index in [1.54, 1.807) is 16.9 Å². The number of carbonyl (C=O) groups excluding carboxylic acids is 2. The minimum Gasteiger partial charge on any atom is -0.349 e. The second kappa shape index (κ2) is 7.16. The fourth-order valence-corrected chi connectivity index (χ4v) is 2.41. The number of hydrogen-bond acceptors (Lipinski definition) is 4. The van der Waals surface area contributed by atoms with Crippen molar-refractivity contribution in [3.63, 3.8) is 0 Å². The summed E-state index contributed by atoms with van der Waals surface area (Å²) in [5, 5.41) is 17.3. The molecule has 2 heterocycles. The number of hydrogen-bond donors (Lipinski definition) is 3. The van der Waals surface area contributed by atoms with Crippen molar-refractivity contribution in [2.24, 2.45) is 0 Å². The Balaban J connectivity index is 1.49. The molecule has 0 aliphatic heterocycles. The zero-order valence-corrected chi connectivity index (χ0v) is 14.1. The number of amides is 2. The molecule has 0 spiro atoms. The van der Waals surface area contributed by atoms with Crippen molar-refractivity contribution in [2.75, 3.05) is 13.1 Å². The van der Waals surface area contributed by atoms with Crippen LogP contribution in [0.5, 0.6) is 0 Å². The minimum atomic E-state index is -0.282. The van der Waals surface area contributed by atoms with Crippen molar-refractivity contribution in [1.82, 2.24) is 30.6 Å². The van der Waals surface area contributed by atoms with Crippen LogP contribution in [0.4, 0.5) is 0 Å². The summed E-state index contributed by atoms with van der Waals surface area (Å²) in [6.45, 7) is 4.59. The molecular weight excluding hydrogens is 320 g/mol. The van der Waals surface area contributed by atoms with Gasteiger partial charge >= 0.3 is 0 Å². The van der Waals surface area contributed by atoms with Crippen molar-refractivity contribution >= 4 is 22.7 Å². The molecule has 0 aliphatic rings. The molecule has 0 fully saturated rings. The van der Waals surface area contributed by atoms with Gasteiger partial charge in [-0.25, -0.2) is 0 Å². The number of carbonyl (C=O) groups is 2. The average Bonchev–Trinajstić information content (AvgIpc) is 3.25. The molecule has 0 atom stereocenters. The number of H-pyrrole nitrogens is 1. The Kier molecular flexibility index (Phi) is 4.78. The maximum Gasteiger partial charge on any atom is 0.272 e. The lowest BCUT2D eigenvalue weighted by molar-refractivity contribution is 0.0923. The molecule has 1 aromatic carbocycles. The van der Waals surface area contributed by atoms with Crippen LogP contribution in [0.25, 0.3) is 10.9 Å². The van der Waals surface area contributed by atoms with Crippen LogP contribution in [0.1, 0.15) is 40.9 Å². The van der Waals surface area contributed by atoms with Gasteiger partial charge in [0.05, 0.1) is 5.52 Å². The van der Waals surface area contributed by atoms with Gasteiger partial charge in [-0.2, -0.15) is 10.2 Å². The summed E-state index contributed by atoms with van der Waals surface area (Å²) in [5.74, 6) is -0.547. The third kappa shape index (κ3) is 3.68. The molecule has 130 valence electrons. The van der Waals surface area contributed by atoms with Crippen molar-refractivity contribution in [1.29, 1.82) is 0 Å². The first-order valence-electron chi connectivity index (χ1n) is 8.11. The largest absolute Gasteiger partial charge is 0.349 e. The molecule has 2 aromatic heterocycles. The average molecular weight is 340 g/mol. The van der Waals surface area contributed by atoms with Crippen molar-refractivity contribution in [3.8, 4) is 0 Å². The smallest absolute Gasteiger partial charge is 0.272 e. The predicted octanol–water partition coefficient (Wildman–Crippen LogP) is 1.50. The van der Waals surface area contributed by atoms with E-state index in [9.17, 15) is 9.59 Å². The molecule has 25 heavy (non-hydrogen) atoms. The molecule has 0 saturated heterocycles. The van der Waals surface area contributed by atoms with E-state index < -0.39 is 0 Å². The number of nitrogens with zero attached hydrogens (tertiary/aromatic N) is 3. The highest BCUT2D eigenvalue weighted by Gasteiger charge is 2.14. The molecule has 8 nitrogen and oxygen atoms in total. The van der Waals surface area contributed by atoms with E-state index in [0.717, 1.165) is 10.9 Å². The predicted molar refractivity (Wildman–Crippen MR) is 93.4 cm³/mol. The number of nitrogens with one attached hydrogen (secondary N) is 3. The SMILES string of the molecule is CC(C)n1ccc(C(=O)NCCNC(=O)c2n[nH]c3ccccc23)n1. The lowest BCUT2D eigenvalue weighted by Crippen LogP contribution is -2.35. The molecule has 8 heteroatoms. The van der Waals surface area contributed by atoms with Crippen molar-refractivity contribution in [3.05, 3.63) is 47.9 Å². The Hall–Kier alpha value is -3.16. The van der Waals surface area contributed by atoms with Crippen LogP contribution in [-0.4, -0.2) is 44.9 Å². The molecule has 0 saturated carbocycles. The van der Waals surface area contributed by atoms with E-state index in [4.69, 9.17) is 0 Å². The summed E-state index contributed by atoms with van der Waals surface area (Å²) >= 11 is 0. The van der Waals surface area contributed by atoms with Gasteiger partial charge < -0.3 is 10.6 Å². The van der Waals surface area contributed by atoms with E-state index in [-0.39, 0.29) is 17.9 Å². The van der Waals surface area contributed by atoms with Crippen LogP contribution in [0.3, 0.4) is 0 Å². The highest BCUT2D eigenvalue weighted by Crippen LogP contribution is 2.14. The van der Waals surface area contributed by atoms with Gasteiger partial charge in [0.25, 0.3) is 11.8 Å². The van der Waals surface area contributed by atoms with Crippen LogP contribution in [-0.2, 0) is 0 Å². The van der Waals surface area contributed by atoms with Crippen molar-refractivity contribution < 1.29 is 9.59 Å². The summed E-state index contributed by atoms with van der Waals surface area (Å²) in [7, 11) is 0. The van der Waals surface area contributed by atoms with Gasteiger partial charge in [0.1, 0.15) is 5.69 Å². The third-order valence-electron chi connectivity index (χ3n) is 3.75. The molecular formula is C17H20N6O2. The summed E-state index contributed by atoms with van der Waals surface area (Å²) in [4.78, 5) is 24.2. The summed E-state index contributed by atoms with van der Waals surface area (Å²) in [6.07, 6.45) is 1.77. The summed E-state index contributed by atoms with van der Waals surface area (Å²) in [5.41, 5.74) is 1.51. The van der Waals surface area contributed by atoms with Gasteiger partial charge in [-0.15, -0.1) is 0 Å². The maximum atomic E-state index is 12.2. The Morgan fingerprint density at radius 1 is 1.12 bits per heavy atom. The Morgan fingerprint density at radius 2 is 1.84 bits per heavy atom. The Morgan fingerprint density at radius 3 is 2.56 bits per heavy atom. The monoisotopic (exact) mass is 340 g/mol. The van der Waals surface area contributed by atoms with Crippen LogP contribution in [0.2, 0.25) is 0 Å². The van der Waals surface area contributed by atoms with Crippen molar-refractivity contribution in [2.45, 2.75) is 19.9 Å². The second-order valence-corrected chi connectivity index (χ2v) is 5.90. The minimum absolute atomic E-state index is 0.199. The lowest BCUT2D eigenvalue weighted by Gasteiger charge is -2.06. The van der Waals surface area contributed by atoms with Gasteiger partial charge in [0.2, 0.25) is 0 Å². The molecule has 3 N–H and O–H groups in total. The molecule has 0 aliphatic carbocycles. The van der Waals surface area contributed by atoms with E-state index >= 15 is 0 Å². The van der Waals surface area contributed by atoms with E-state index in [1.807, 2.05) is 38.1 Å². The van der Waals surface area contributed by atoms with Crippen LogP contribution in [0, 0.1) is 0 Å². The molecule has 2 amide bonds. The van der Waals surface area contributed by atoms with Gasteiger partial charge in [-0.05, 0) is 26.0 Å². The molecule has 0 radical (unpaired) electrons. The molecule has 0 unspecified atom stereocenters. The Bertz CT molecular complexity index is 895. The number of aromatic amines is 1. The quantitative estimate of drug-likeness (QED) is 0.591. The number of rotatable bonds is 6. The first-order chi connectivity index (χ1) is 12.1. The zero-order valence-electron chi connectivity index (χ0n) is 14.1. The second-order valence-electron chi connectivity index (χ2n) is 5.90. The lowest BCUT2D eigenvalue weighted by atomic mass is 10.2. The van der Waals surface area contributed by atoms with E-state index in [1.165, 1.54) is 0 Å². The normalized spacial score (nSPS) is 11.0. The number of para-hydroxylation sites is 1. The number of benzene rings is 1. The highest BCUT2D eigenvalue weighted by molar-refractivity contribution is 6.04. The zero-order chi connectivity index (χ0) is 17.8. The maximum absolute atomic E-state index is 12.2. The standard InChI is InChI=1S/C17H20N6O2/c1-11(2)23-10-7-14(22-23)16(24)18-8-9-19-17(25)15-12-5-3-4-6-13(12)20-21-15/h3-7,10-11H,8-9H2,1-2H3,(H,18,24)(H,19,25)(H,20,21). The number of fused-ring (bicyclic) bond motifs is 1. The van der Waals surface area contributed by atoms with Gasteiger partial charge in [-0.3, -0.25) is 19.4 Å². The van der Waals surface area contributed by atoms with Crippen LogP contribution < -0.4 is 10.6 Å². The molecule has 3 rings (SSSR count). The Labute approximate surface area is 144 Å². The fourth-order valence-electron chi connectivity index (χ4n) is 2.41. The van der Waals surface area contributed by atoms with E-state index in [0.29, 0.717) is 24.5 Å². The van der Waals surface area contributed by atoms with Gasteiger partial charge in [-0.1, -0.05) is 18.2 Å². The molecule has 0 bridgehead atoms. The summed E-state index contributed by atoms with van der Waals surface area (Å²) in [6, 6.07) is 9.29. The van der Waals surface area contributed by atoms with Crippen LogP contribution >= 0.6 is 0 Å². The van der Waals surface area contributed by atoms with E-state index in [2.05, 4.69) is 25.9 Å². The first-order valence-corrected chi connectivity index (χ1v) is 8.11. The summed E-state index contributed by atoms with van der Waals surface area (Å²) < 4.78 is 1.72. The van der Waals surface area contributed by atoms with Crippen LogP contribution in [0.15, 0.2) is 36.5 Å². The highest BCUT2D eigenvalue weighted by atomic mass is 16.2. The molecule has 3 aromatic rings. The third-order valence-corrected chi connectivity index (χ3v) is 3.75. The fraction of sp³-hybridized carbons (Fsp3) is 0.294.